The molecule has 4 nitrogen and oxygen atoms in total. The summed E-state index contributed by atoms with van der Waals surface area (Å²) in [5.41, 5.74) is 0.296. The van der Waals surface area contributed by atoms with E-state index in [9.17, 15) is 4.79 Å². The molecule has 1 fully saturated rings. The van der Waals surface area contributed by atoms with Gasteiger partial charge in [-0.1, -0.05) is 5.16 Å². The summed E-state index contributed by atoms with van der Waals surface area (Å²) in [5, 5.41) is 10.7. The van der Waals surface area contributed by atoms with Gasteiger partial charge in [-0.25, -0.2) is 0 Å². The Morgan fingerprint density at radius 2 is 2.62 bits per heavy atom. The van der Waals surface area contributed by atoms with Crippen molar-refractivity contribution < 1.29 is 14.7 Å². The van der Waals surface area contributed by atoms with E-state index in [2.05, 4.69) is 5.16 Å². The van der Waals surface area contributed by atoms with E-state index in [4.69, 9.17) is 21.5 Å². The van der Waals surface area contributed by atoms with Crippen molar-refractivity contribution in [3.05, 3.63) is 0 Å². The highest BCUT2D eigenvalue weighted by molar-refractivity contribution is 8.02. The maximum Gasteiger partial charge on any atom is 0.325 e. The second-order valence-corrected chi connectivity index (χ2v) is 4.12. The van der Waals surface area contributed by atoms with Gasteiger partial charge in [0.1, 0.15) is 5.25 Å². The molecule has 2 atom stereocenters. The molecule has 2 unspecified atom stereocenters. The van der Waals surface area contributed by atoms with Gasteiger partial charge in [-0.05, 0) is 6.92 Å². The van der Waals surface area contributed by atoms with Crippen molar-refractivity contribution in [2.24, 2.45) is 5.16 Å². The fourth-order valence-electron chi connectivity index (χ4n) is 1.04. The molecule has 0 spiro atoms. The Morgan fingerprint density at radius 1 is 1.92 bits per heavy atom. The highest BCUT2D eigenvalue weighted by Gasteiger charge is 2.38. The first-order valence-electron chi connectivity index (χ1n) is 3.84. The number of nitrogens with zero attached hydrogens (tertiary/aromatic N) is 1. The highest BCUT2D eigenvalue weighted by Crippen LogP contribution is 2.28. The van der Waals surface area contributed by atoms with E-state index < -0.39 is 5.25 Å². The number of thioether (sulfide) groups is 1. The second-order valence-electron chi connectivity index (χ2n) is 2.46. The van der Waals surface area contributed by atoms with Crippen LogP contribution in [0.5, 0.6) is 0 Å². The number of carbonyl (C=O) groups excluding carboxylic acids is 1. The van der Waals surface area contributed by atoms with E-state index in [1.807, 2.05) is 0 Å². The number of carbonyl (C=O) groups is 1. The summed E-state index contributed by atoms with van der Waals surface area (Å²) >= 11 is 7.13. The Kier molecular flexibility index (Phi) is 3.87. The third-order valence-corrected chi connectivity index (χ3v) is 3.47. The number of hydrogen-bond donors (Lipinski definition) is 1. The molecular weight excluding hydrogens is 214 g/mol. The van der Waals surface area contributed by atoms with Crippen LogP contribution in [-0.2, 0) is 9.53 Å². The van der Waals surface area contributed by atoms with Crippen molar-refractivity contribution in [3.63, 3.8) is 0 Å². The highest BCUT2D eigenvalue weighted by atomic mass is 35.5. The normalized spacial score (nSPS) is 30.8. The number of halogens is 1. The predicted octanol–water partition coefficient (Wildman–Crippen LogP) is 1.10. The summed E-state index contributed by atoms with van der Waals surface area (Å²) < 4.78 is 4.80. The molecule has 1 aliphatic rings. The molecule has 1 aliphatic heterocycles. The van der Waals surface area contributed by atoms with E-state index >= 15 is 0 Å². The van der Waals surface area contributed by atoms with E-state index in [-0.39, 0.29) is 11.3 Å². The third kappa shape index (κ3) is 2.28. The Morgan fingerprint density at radius 3 is 3.15 bits per heavy atom. The molecular formula is C7H10ClNO3S. The molecule has 0 amide bonds. The van der Waals surface area contributed by atoms with Crippen molar-refractivity contribution in [3.8, 4) is 0 Å². The second kappa shape index (κ2) is 4.72. The quantitative estimate of drug-likeness (QED) is 0.330. The Labute approximate surface area is 85.3 Å². The summed E-state index contributed by atoms with van der Waals surface area (Å²) in [6, 6.07) is 0. The summed E-state index contributed by atoms with van der Waals surface area (Å²) in [5.74, 6) is 0.188. The van der Waals surface area contributed by atoms with Crippen molar-refractivity contribution in [2.75, 3.05) is 12.4 Å². The summed E-state index contributed by atoms with van der Waals surface area (Å²) in [4.78, 5) is 11.3. The largest absolute Gasteiger partial charge is 0.465 e. The lowest BCUT2D eigenvalue weighted by Gasteiger charge is -2.07. The number of hydrogen-bond acceptors (Lipinski definition) is 5. The zero-order chi connectivity index (χ0) is 9.84. The number of esters is 1. The zero-order valence-corrected chi connectivity index (χ0v) is 8.64. The minimum atomic E-state index is -0.535. The molecule has 1 heterocycles. The van der Waals surface area contributed by atoms with Crippen LogP contribution in [0.1, 0.15) is 6.92 Å². The first kappa shape index (κ1) is 10.7. The molecule has 0 bridgehead atoms. The molecule has 1 saturated heterocycles. The minimum Gasteiger partial charge on any atom is -0.465 e. The molecule has 1 N–H and O–H groups in total. The fourth-order valence-corrected chi connectivity index (χ4v) is 2.62. The van der Waals surface area contributed by atoms with E-state index in [0.717, 1.165) is 0 Å². The average molecular weight is 224 g/mol. The van der Waals surface area contributed by atoms with Crippen LogP contribution >= 0.6 is 23.4 Å². The van der Waals surface area contributed by atoms with Crippen molar-refractivity contribution in [1.29, 1.82) is 0 Å². The van der Waals surface area contributed by atoms with Gasteiger partial charge < -0.3 is 9.94 Å². The van der Waals surface area contributed by atoms with E-state index in [0.29, 0.717) is 18.1 Å². The van der Waals surface area contributed by atoms with Crippen molar-refractivity contribution in [1.82, 2.24) is 0 Å². The molecule has 74 valence electrons. The van der Waals surface area contributed by atoms with Gasteiger partial charge in [0.25, 0.3) is 0 Å². The van der Waals surface area contributed by atoms with Gasteiger partial charge in [-0.3, -0.25) is 4.79 Å². The molecule has 0 aromatic carbocycles. The standard InChI is InChI=1S/C7H10ClNO3S/c1-2-12-7(10)6-5(9-11)4(8)3-13-6/h4,6,11H,2-3H2,1H3. The third-order valence-electron chi connectivity index (χ3n) is 1.61. The van der Waals surface area contributed by atoms with Crippen molar-refractivity contribution >= 4 is 35.0 Å². The maximum absolute atomic E-state index is 11.3. The van der Waals surface area contributed by atoms with Gasteiger partial charge in [-0.2, -0.15) is 0 Å². The Bertz CT molecular complexity index is 234. The number of ether oxygens (including phenoxy) is 1. The molecule has 0 aromatic heterocycles. The minimum absolute atomic E-state index is 0.296. The molecule has 0 saturated carbocycles. The maximum atomic E-state index is 11.3. The molecule has 6 heteroatoms. The van der Waals surface area contributed by atoms with Gasteiger partial charge in [0.2, 0.25) is 0 Å². The van der Waals surface area contributed by atoms with E-state index in [1.54, 1.807) is 6.92 Å². The number of alkyl halides is 1. The van der Waals surface area contributed by atoms with Crippen LogP contribution in [0.15, 0.2) is 5.16 Å². The van der Waals surface area contributed by atoms with Crippen LogP contribution in [0.4, 0.5) is 0 Å². The van der Waals surface area contributed by atoms with Crippen LogP contribution < -0.4 is 0 Å². The summed E-state index contributed by atoms with van der Waals surface area (Å²) in [6.45, 7) is 2.05. The van der Waals surface area contributed by atoms with Crippen LogP contribution in [-0.4, -0.2) is 39.9 Å². The SMILES string of the molecule is CCOC(=O)C1SCC(Cl)C1=NO. The van der Waals surface area contributed by atoms with Crippen LogP contribution in [0.2, 0.25) is 0 Å². The van der Waals surface area contributed by atoms with Gasteiger partial charge in [0, 0.05) is 5.75 Å². The Balaban J connectivity index is 2.65. The first-order valence-corrected chi connectivity index (χ1v) is 5.33. The van der Waals surface area contributed by atoms with Gasteiger partial charge in [-0.15, -0.1) is 23.4 Å². The molecule has 0 aromatic rings. The summed E-state index contributed by atoms with van der Waals surface area (Å²) in [6.07, 6.45) is 0. The number of rotatable bonds is 2. The van der Waals surface area contributed by atoms with Crippen LogP contribution in [0.25, 0.3) is 0 Å². The van der Waals surface area contributed by atoms with Gasteiger partial charge >= 0.3 is 5.97 Å². The molecule has 0 aliphatic carbocycles. The fraction of sp³-hybridized carbons (Fsp3) is 0.714. The lowest BCUT2D eigenvalue weighted by Crippen LogP contribution is -2.28. The lowest BCUT2D eigenvalue weighted by molar-refractivity contribution is -0.141. The Hall–Kier alpha value is -0.420. The van der Waals surface area contributed by atoms with Crippen molar-refractivity contribution in [2.45, 2.75) is 17.6 Å². The van der Waals surface area contributed by atoms with Crippen LogP contribution in [0.3, 0.4) is 0 Å². The van der Waals surface area contributed by atoms with Gasteiger partial charge in [0.05, 0.1) is 17.7 Å². The first-order chi connectivity index (χ1) is 6.20. The topological polar surface area (TPSA) is 58.9 Å². The zero-order valence-electron chi connectivity index (χ0n) is 7.07. The predicted molar refractivity (Wildman–Crippen MR) is 51.7 cm³/mol. The number of oxime groups is 1. The van der Waals surface area contributed by atoms with Crippen LogP contribution in [0, 0.1) is 0 Å². The molecule has 1 rings (SSSR count). The lowest BCUT2D eigenvalue weighted by atomic mass is 10.2. The molecule has 13 heavy (non-hydrogen) atoms. The van der Waals surface area contributed by atoms with E-state index in [1.165, 1.54) is 11.8 Å². The average Bonchev–Trinajstić information content (AvgIpc) is 2.47. The van der Waals surface area contributed by atoms with Gasteiger partial charge in [0.15, 0.2) is 0 Å². The smallest absolute Gasteiger partial charge is 0.325 e. The summed E-state index contributed by atoms with van der Waals surface area (Å²) in [7, 11) is 0. The monoisotopic (exact) mass is 223 g/mol. The molecule has 0 radical (unpaired) electrons.